The van der Waals surface area contributed by atoms with Crippen LogP contribution in [0.4, 0.5) is 5.69 Å². The molecule has 0 radical (unpaired) electrons. The Balaban J connectivity index is 1.52. The van der Waals surface area contributed by atoms with Crippen molar-refractivity contribution >= 4 is 29.1 Å². The van der Waals surface area contributed by atoms with Crippen LogP contribution in [0.5, 0.6) is 5.75 Å². The van der Waals surface area contributed by atoms with Gasteiger partial charge in [-0.05, 0) is 43.7 Å². The van der Waals surface area contributed by atoms with E-state index in [9.17, 15) is 9.59 Å². The quantitative estimate of drug-likeness (QED) is 0.618. The number of rotatable bonds is 5. The second-order valence-corrected chi connectivity index (χ2v) is 8.44. The average molecular weight is 454 g/mol. The predicted octanol–water partition coefficient (Wildman–Crippen LogP) is 4.41. The molecule has 1 aliphatic heterocycles. The number of likely N-dealkylation sites (N-methyl/N-ethyl adjacent to an activating group) is 1. The Morgan fingerprint density at radius 3 is 2.72 bits per heavy atom. The van der Waals surface area contributed by atoms with E-state index in [4.69, 9.17) is 20.8 Å². The molecule has 1 aromatic heterocycles. The second kappa shape index (κ2) is 8.67. The van der Waals surface area contributed by atoms with Crippen molar-refractivity contribution in [3.8, 4) is 17.0 Å². The van der Waals surface area contributed by atoms with E-state index in [1.165, 1.54) is 0 Å². The summed E-state index contributed by atoms with van der Waals surface area (Å²) in [5, 5.41) is 3.18. The summed E-state index contributed by atoms with van der Waals surface area (Å²) in [6.07, 6.45) is 1.95. The van der Waals surface area contributed by atoms with E-state index >= 15 is 0 Å². The molecule has 8 heteroatoms. The third kappa shape index (κ3) is 4.34. The van der Waals surface area contributed by atoms with Crippen LogP contribution in [0.1, 0.15) is 35.7 Å². The SMILES string of the molecule is Cc1nc(-c2ccc3c(c2)N(C)C(=O)C(NC(=O)c2ccc(OC(C)C)c(Cl)c2)C3)co1. The molecule has 0 aliphatic carbocycles. The van der Waals surface area contributed by atoms with Crippen molar-refractivity contribution in [3.05, 3.63) is 64.7 Å². The fraction of sp³-hybridized carbons (Fsp3) is 0.292. The molecule has 1 unspecified atom stereocenters. The standard InChI is InChI=1S/C24H24ClN3O4/c1-13(2)32-22-8-7-17(9-18(22)25)23(29)27-19-10-16-6-5-15(20-12-31-14(3)26-20)11-21(16)28(4)24(19)30/h5-9,11-13,19H,10H2,1-4H3,(H,27,29). The zero-order valence-corrected chi connectivity index (χ0v) is 19.1. The molecule has 4 rings (SSSR count). The van der Waals surface area contributed by atoms with Crippen LogP contribution in [-0.2, 0) is 11.2 Å². The maximum Gasteiger partial charge on any atom is 0.251 e. The van der Waals surface area contributed by atoms with E-state index in [2.05, 4.69) is 10.3 Å². The van der Waals surface area contributed by atoms with E-state index in [0.29, 0.717) is 34.3 Å². The lowest BCUT2D eigenvalue weighted by Gasteiger charge is -2.32. The van der Waals surface area contributed by atoms with Gasteiger partial charge in [-0.15, -0.1) is 0 Å². The minimum Gasteiger partial charge on any atom is -0.489 e. The van der Waals surface area contributed by atoms with Gasteiger partial charge in [0.25, 0.3) is 5.91 Å². The number of nitrogens with zero attached hydrogens (tertiary/aromatic N) is 2. The van der Waals surface area contributed by atoms with Gasteiger partial charge in [0.15, 0.2) is 5.89 Å². The number of aryl methyl sites for hydroxylation is 1. The molecule has 1 N–H and O–H groups in total. The van der Waals surface area contributed by atoms with Crippen molar-refractivity contribution in [2.75, 3.05) is 11.9 Å². The molecule has 0 spiro atoms. The fourth-order valence-corrected chi connectivity index (χ4v) is 3.93. The van der Waals surface area contributed by atoms with E-state index in [1.54, 1.807) is 43.3 Å². The number of ether oxygens (including phenoxy) is 1. The van der Waals surface area contributed by atoms with Gasteiger partial charge in [0, 0.05) is 37.2 Å². The van der Waals surface area contributed by atoms with Gasteiger partial charge in [-0.3, -0.25) is 9.59 Å². The normalized spacial score (nSPS) is 15.6. The number of nitrogens with one attached hydrogen (secondary N) is 1. The van der Waals surface area contributed by atoms with E-state index < -0.39 is 6.04 Å². The van der Waals surface area contributed by atoms with Crippen LogP contribution < -0.4 is 15.0 Å². The Hall–Kier alpha value is -3.32. The number of carbonyl (C=O) groups is 2. The average Bonchev–Trinajstić information content (AvgIpc) is 3.19. The highest BCUT2D eigenvalue weighted by molar-refractivity contribution is 6.32. The lowest BCUT2D eigenvalue weighted by molar-refractivity contribution is -0.120. The maximum absolute atomic E-state index is 13.0. The molecule has 0 bridgehead atoms. The van der Waals surface area contributed by atoms with E-state index in [1.807, 2.05) is 32.0 Å². The topological polar surface area (TPSA) is 84.7 Å². The highest BCUT2D eigenvalue weighted by Gasteiger charge is 2.32. The molecule has 0 saturated heterocycles. The fourth-order valence-electron chi connectivity index (χ4n) is 3.71. The molecule has 3 aromatic rings. The number of oxazole rings is 1. The third-order valence-electron chi connectivity index (χ3n) is 5.28. The molecule has 0 saturated carbocycles. The first-order chi connectivity index (χ1) is 15.2. The van der Waals surface area contributed by atoms with Gasteiger partial charge < -0.3 is 19.4 Å². The molecular weight excluding hydrogens is 430 g/mol. The second-order valence-electron chi connectivity index (χ2n) is 8.03. The van der Waals surface area contributed by atoms with Gasteiger partial charge in [0.1, 0.15) is 23.7 Å². The number of benzene rings is 2. The van der Waals surface area contributed by atoms with Gasteiger partial charge >= 0.3 is 0 Å². The van der Waals surface area contributed by atoms with Crippen LogP contribution in [0.25, 0.3) is 11.3 Å². The van der Waals surface area contributed by atoms with Crippen LogP contribution in [-0.4, -0.2) is 36.0 Å². The molecule has 7 nitrogen and oxygen atoms in total. The minimum atomic E-state index is -0.675. The maximum atomic E-state index is 13.0. The Labute approximate surface area is 191 Å². The predicted molar refractivity (Wildman–Crippen MR) is 122 cm³/mol. The van der Waals surface area contributed by atoms with Crippen molar-refractivity contribution in [2.24, 2.45) is 0 Å². The number of aromatic nitrogens is 1. The number of carbonyl (C=O) groups excluding carboxylic acids is 2. The minimum absolute atomic E-state index is 0.0310. The number of hydrogen-bond acceptors (Lipinski definition) is 5. The molecule has 2 heterocycles. The Bertz CT molecular complexity index is 1190. The van der Waals surface area contributed by atoms with Crippen molar-refractivity contribution in [1.29, 1.82) is 0 Å². The lowest BCUT2D eigenvalue weighted by Crippen LogP contribution is -2.51. The highest BCUT2D eigenvalue weighted by Crippen LogP contribution is 2.32. The molecule has 1 atom stereocenters. The molecular formula is C24H24ClN3O4. The Morgan fingerprint density at radius 1 is 1.28 bits per heavy atom. The number of halogens is 1. The molecule has 32 heavy (non-hydrogen) atoms. The van der Waals surface area contributed by atoms with Crippen molar-refractivity contribution in [1.82, 2.24) is 10.3 Å². The number of fused-ring (bicyclic) bond motifs is 1. The van der Waals surface area contributed by atoms with Crippen LogP contribution in [0.3, 0.4) is 0 Å². The summed E-state index contributed by atoms with van der Waals surface area (Å²) in [6, 6.07) is 9.97. The lowest BCUT2D eigenvalue weighted by atomic mass is 9.95. The van der Waals surface area contributed by atoms with Crippen LogP contribution in [0.15, 0.2) is 47.1 Å². The molecule has 166 valence electrons. The monoisotopic (exact) mass is 453 g/mol. The van der Waals surface area contributed by atoms with Gasteiger partial charge in [0.05, 0.1) is 11.1 Å². The van der Waals surface area contributed by atoms with Crippen LogP contribution in [0.2, 0.25) is 5.02 Å². The number of hydrogen-bond donors (Lipinski definition) is 1. The summed E-state index contributed by atoms with van der Waals surface area (Å²) >= 11 is 6.25. The summed E-state index contributed by atoms with van der Waals surface area (Å²) < 4.78 is 10.9. The zero-order valence-electron chi connectivity index (χ0n) is 18.3. The first-order valence-electron chi connectivity index (χ1n) is 10.3. The third-order valence-corrected chi connectivity index (χ3v) is 5.57. The van der Waals surface area contributed by atoms with Gasteiger partial charge in [-0.25, -0.2) is 4.98 Å². The summed E-state index contributed by atoms with van der Waals surface area (Å²) in [7, 11) is 1.70. The first kappa shape index (κ1) is 21.9. The molecule has 2 aromatic carbocycles. The van der Waals surface area contributed by atoms with Gasteiger partial charge in [0.2, 0.25) is 5.91 Å². The van der Waals surface area contributed by atoms with Crippen molar-refractivity contribution in [3.63, 3.8) is 0 Å². The molecule has 2 amide bonds. The van der Waals surface area contributed by atoms with Crippen LogP contribution >= 0.6 is 11.6 Å². The van der Waals surface area contributed by atoms with Gasteiger partial charge in [-0.2, -0.15) is 0 Å². The summed E-state index contributed by atoms with van der Waals surface area (Å²) in [4.78, 5) is 31.7. The Morgan fingerprint density at radius 2 is 2.06 bits per heavy atom. The number of anilines is 1. The summed E-state index contributed by atoms with van der Waals surface area (Å²) in [6.45, 7) is 5.58. The molecule has 1 aliphatic rings. The van der Waals surface area contributed by atoms with E-state index in [-0.39, 0.29) is 17.9 Å². The summed E-state index contributed by atoms with van der Waals surface area (Å²) in [5.41, 5.74) is 3.69. The summed E-state index contributed by atoms with van der Waals surface area (Å²) in [5.74, 6) is 0.533. The smallest absolute Gasteiger partial charge is 0.251 e. The van der Waals surface area contributed by atoms with E-state index in [0.717, 1.165) is 16.8 Å². The Kier molecular flexibility index (Phi) is 5.93. The highest BCUT2D eigenvalue weighted by atomic mass is 35.5. The van der Waals surface area contributed by atoms with Crippen LogP contribution in [0, 0.1) is 6.92 Å². The zero-order chi connectivity index (χ0) is 23.0. The van der Waals surface area contributed by atoms with Gasteiger partial charge in [-0.1, -0.05) is 23.7 Å². The largest absolute Gasteiger partial charge is 0.489 e. The molecule has 0 fully saturated rings. The first-order valence-corrected chi connectivity index (χ1v) is 10.7. The van der Waals surface area contributed by atoms with Crippen molar-refractivity contribution < 1.29 is 18.7 Å². The van der Waals surface area contributed by atoms with Crippen molar-refractivity contribution in [2.45, 2.75) is 39.3 Å². The number of amides is 2.